The van der Waals surface area contributed by atoms with Crippen molar-refractivity contribution in [2.75, 3.05) is 0 Å². The first kappa shape index (κ1) is 29.3. The first-order chi connectivity index (χ1) is 19.5. The fourth-order valence-corrected chi connectivity index (χ4v) is 4.38. The van der Waals surface area contributed by atoms with Crippen LogP contribution in [0.3, 0.4) is 0 Å². The van der Waals surface area contributed by atoms with E-state index in [-0.39, 0.29) is 12.0 Å². The number of H-pyrrole nitrogens is 1. The fraction of sp³-hybridized carbons (Fsp3) is 0.214. The van der Waals surface area contributed by atoms with E-state index >= 15 is 0 Å². The van der Waals surface area contributed by atoms with Crippen LogP contribution in [0.5, 0.6) is 0 Å². The standard InChI is InChI=1S/C28H24F6N6O/c1-15(8-17-5-7-37-28(17)35-2)20-4-3-6-36-25(20)21(11-16-9-18(29)12-19(30)10-16)38-24(41)14-40-23(27(33)34)13-22(39-40)26(31)32/h3-10,12-13,21,26-27,37H,2,11,14H2,1H3,(H,38,41)/b15-8+/t21-/m0/s1. The minimum absolute atomic E-state index is 0.134. The van der Waals surface area contributed by atoms with Crippen LogP contribution in [0, 0.1) is 11.6 Å². The summed E-state index contributed by atoms with van der Waals surface area (Å²) in [6, 6.07) is 7.56. The summed E-state index contributed by atoms with van der Waals surface area (Å²) in [5.74, 6) is -2.01. The number of allylic oxidation sites excluding steroid dienone is 1. The Morgan fingerprint density at radius 2 is 1.85 bits per heavy atom. The molecule has 1 amide bonds. The van der Waals surface area contributed by atoms with Gasteiger partial charge in [-0.25, -0.2) is 31.3 Å². The molecule has 1 atom stereocenters. The second kappa shape index (κ2) is 12.7. The summed E-state index contributed by atoms with van der Waals surface area (Å²) in [6.45, 7) is 4.49. The van der Waals surface area contributed by atoms with Gasteiger partial charge < -0.3 is 10.3 Å². The smallest absolute Gasteiger partial charge is 0.282 e. The topological polar surface area (TPSA) is 88.0 Å². The molecule has 4 rings (SSSR count). The van der Waals surface area contributed by atoms with Crippen molar-refractivity contribution < 1.29 is 31.1 Å². The third kappa shape index (κ3) is 7.10. The first-order valence-electron chi connectivity index (χ1n) is 12.2. The van der Waals surface area contributed by atoms with Crippen LogP contribution >= 0.6 is 0 Å². The van der Waals surface area contributed by atoms with Crippen LogP contribution in [0.25, 0.3) is 11.6 Å². The summed E-state index contributed by atoms with van der Waals surface area (Å²) < 4.78 is 81.6. The molecule has 0 unspecified atom stereocenters. The van der Waals surface area contributed by atoms with Crippen LogP contribution in [-0.2, 0) is 17.8 Å². The van der Waals surface area contributed by atoms with Gasteiger partial charge in [0.1, 0.15) is 35.4 Å². The maximum atomic E-state index is 14.0. The van der Waals surface area contributed by atoms with Gasteiger partial charge in [-0.2, -0.15) is 5.10 Å². The van der Waals surface area contributed by atoms with Gasteiger partial charge in [0.25, 0.3) is 12.9 Å². The maximum Gasteiger partial charge on any atom is 0.282 e. The molecule has 0 saturated carbocycles. The van der Waals surface area contributed by atoms with E-state index in [1.165, 1.54) is 6.20 Å². The summed E-state index contributed by atoms with van der Waals surface area (Å²) in [4.78, 5) is 24.3. The molecule has 3 heterocycles. The summed E-state index contributed by atoms with van der Waals surface area (Å²) in [5, 5.41) is 6.10. The highest BCUT2D eigenvalue weighted by Gasteiger charge is 2.25. The molecule has 0 bridgehead atoms. The zero-order valence-corrected chi connectivity index (χ0v) is 21.6. The minimum atomic E-state index is -3.16. The van der Waals surface area contributed by atoms with E-state index in [9.17, 15) is 31.1 Å². The van der Waals surface area contributed by atoms with Gasteiger partial charge in [-0.15, -0.1) is 0 Å². The minimum Gasteiger partial charge on any atom is -0.346 e. The molecule has 1 aromatic carbocycles. The average Bonchev–Trinajstić information content (AvgIpc) is 3.54. The van der Waals surface area contributed by atoms with Crippen molar-refractivity contribution in [1.82, 2.24) is 25.1 Å². The number of benzene rings is 1. The van der Waals surface area contributed by atoms with E-state index in [1.807, 2.05) is 0 Å². The van der Waals surface area contributed by atoms with E-state index in [2.05, 4.69) is 32.1 Å². The first-order valence-corrected chi connectivity index (χ1v) is 12.2. The molecule has 0 aliphatic heterocycles. The molecule has 4 aromatic rings. The van der Waals surface area contributed by atoms with Gasteiger partial charge in [0.05, 0.1) is 11.7 Å². The normalized spacial score (nSPS) is 12.7. The number of carbonyl (C=O) groups excluding carboxylic acids is 1. The lowest BCUT2D eigenvalue weighted by Crippen LogP contribution is -2.34. The third-order valence-corrected chi connectivity index (χ3v) is 6.15. The zero-order chi connectivity index (χ0) is 29.7. The Labute approximate surface area is 230 Å². The lowest BCUT2D eigenvalue weighted by molar-refractivity contribution is -0.122. The largest absolute Gasteiger partial charge is 0.346 e. The summed E-state index contributed by atoms with van der Waals surface area (Å²) >= 11 is 0. The number of pyridine rings is 1. The van der Waals surface area contributed by atoms with Crippen molar-refractivity contribution in [3.63, 3.8) is 0 Å². The van der Waals surface area contributed by atoms with E-state index in [1.54, 1.807) is 37.4 Å². The van der Waals surface area contributed by atoms with Crippen LogP contribution in [0.1, 0.15) is 59.6 Å². The van der Waals surface area contributed by atoms with E-state index < -0.39 is 54.4 Å². The van der Waals surface area contributed by atoms with Gasteiger partial charge in [0.2, 0.25) is 5.91 Å². The van der Waals surface area contributed by atoms with E-state index in [0.29, 0.717) is 45.0 Å². The van der Waals surface area contributed by atoms with Crippen LogP contribution < -0.4 is 5.32 Å². The molecule has 2 N–H and O–H groups in total. The van der Waals surface area contributed by atoms with Crippen molar-refractivity contribution in [2.24, 2.45) is 4.99 Å². The molecular formula is C28H24F6N6O. The second-order valence-electron chi connectivity index (χ2n) is 9.06. The molecule has 3 aromatic heterocycles. The predicted molar refractivity (Wildman–Crippen MR) is 141 cm³/mol. The van der Waals surface area contributed by atoms with Crippen molar-refractivity contribution >= 4 is 30.1 Å². The lowest BCUT2D eigenvalue weighted by Gasteiger charge is -2.22. The quantitative estimate of drug-likeness (QED) is 0.153. The number of nitrogens with one attached hydrogen (secondary N) is 2. The molecule has 0 radical (unpaired) electrons. The number of hydrogen-bond acceptors (Lipinski definition) is 4. The Bertz CT molecular complexity index is 1560. The van der Waals surface area contributed by atoms with Gasteiger partial charge in [-0.1, -0.05) is 6.07 Å². The molecule has 13 heteroatoms. The summed E-state index contributed by atoms with van der Waals surface area (Å²) in [5.41, 5.74) is 0.718. The van der Waals surface area contributed by atoms with Gasteiger partial charge in [0.15, 0.2) is 0 Å². The molecule has 41 heavy (non-hydrogen) atoms. The van der Waals surface area contributed by atoms with Crippen LogP contribution in [0.15, 0.2) is 59.9 Å². The van der Waals surface area contributed by atoms with E-state index in [0.717, 1.165) is 12.1 Å². The van der Waals surface area contributed by atoms with Gasteiger partial charge in [-0.05, 0) is 67.6 Å². The van der Waals surface area contributed by atoms with Crippen LogP contribution in [0.2, 0.25) is 0 Å². The molecule has 0 spiro atoms. The molecule has 7 nitrogen and oxygen atoms in total. The summed E-state index contributed by atoms with van der Waals surface area (Å²) in [6.07, 6.45) is -1.47. The molecule has 214 valence electrons. The Morgan fingerprint density at radius 3 is 2.51 bits per heavy atom. The number of rotatable bonds is 11. The van der Waals surface area contributed by atoms with Crippen LogP contribution in [-0.4, -0.2) is 32.4 Å². The number of carbonyl (C=O) groups is 1. The number of aromatic amines is 1. The number of amides is 1. The number of alkyl halides is 4. The van der Waals surface area contributed by atoms with Crippen LogP contribution in [0.4, 0.5) is 32.2 Å². The van der Waals surface area contributed by atoms with Crippen molar-refractivity contribution in [3.8, 4) is 0 Å². The molecule has 0 aliphatic rings. The maximum absolute atomic E-state index is 14.0. The van der Waals surface area contributed by atoms with Crippen molar-refractivity contribution in [1.29, 1.82) is 0 Å². The predicted octanol–water partition coefficient (Wildman–Crippen LogP) is 6.75. The number of aromatic nitrogens is 4. The van der Waals surface area contributed by atoms with Gasteiger partial charge in [-0.3, -0.25) is 14.5 Å². The highest BCUT2D eigenvalue weighted by Crippen LogP contribution is 2.30. The van der Waals surface area contributed by atoms with Gasteiger partial charge in [0, 0.05) is 29.6 Å². The molecule has 0 saturated heterocycles. The monoisotopic (exact) mass is 574 g/mol. The molecular weight excluding hydrogens is 550 g/mol. The summed E-state index contributed by atoms with van der Waals surface area (Å²) in [7, 11) is 0. The second-order valence-corrected chi connectivity index (χ2v) is 9.06. The Morgan fingerprint density at radius 1 is 1.12 bits per heavy atom. The number of aliphatic imine (C=N–C) groups is 1. The Hall–Kier alpha value is -4.68. The van der Waals surface area contributed by atoms with Gasteiger partial charge >= 0.3 is 0 Å². The van der Waals surface area contributed by atoms with Crippen molar-refractivity contribution in [2.45, 2.75) is 38.8 Å². The zero-order valence-electron chi connectivity index (χ0n) is 21.6. The van der Waals surface area contributed by atoms with E-state index in [4.69, 9.17) is 0 Å². The van der Waals surface area contributed by atoms with Crippen molar-refractivity contribution in [3.05, 3.63) is 100 Å². The number of hydrogen-bond donors (Lipinski definition) is 2. The molecule has 0 fully saturated rings. The number of nitrogens with zero attached hydrogens (tertiary/aromatic N) is 4. The fourth-order valence-electron chi connectivity index (χ4n) is 4.38. The highest BCUT2D eigenvalue weighted by molar-refractivity contribution is 5.84. The SMILES string of the molecule is C=Nc1[nH]ccc1/C=C(\C)c1cccnc1[C@H](Cc1cc(F)cc(F)c1)NC(=O)Cn1nc(C(F)F)cc1C(F)F. The molecule has 0 aliphatic carbocycles. The third-order valence-electron chi connectivity index (χ3n) is 6.15. The average molecular weight is 575 g/mol. The number of halogens is 6. The Balaban J connectivity index is 1.71. The highest BCUT2D eigenvalue weighted by atomic mass is 19.3. The lowest BCUT2D eigenvalue weighted by atomic mass is 9.95. The Kier molecular flexibility index (Phi) is 9.05.